The predicted molar refractivity (Wildman–Crippen MR) is 125 cm³/mol. The van der Waals surface area contributed by atoms with Crippen LogP contribution in [0.25, 0.3) is 0 Å². The molecule has 2 rings (SSSR count). The van der Waals surface area contributed by atoms with Crippen LogP contribution in [-0.2, 0) is 16.1 Å². The average Bonchev–Trinajstić information content (AvgIpc) is 2.75. The SMILES string of the molecule is CC[C@@H](C)NC(=O)[C@@H](CC)N(Cc1ccccc1Cl)C(=O)COc1ccc(C)c(C)c1. The average molecular weight is 445 g/mol. The Morgan fingerprint density at radius 1 is 1.06 bits per heavy atom. The van der Waals surface area contributed by atoms with Crippen LogP contribution in [0, 0.1) is 13.8 Å². The first-order valence-corrected chi connectivity index (χ1v) is 11.2. The number of amides is 2. The van der Waals surface area contributed by atoms with Crippen molar-refractivity contribution in [2.24, 2.45) is 0 Å². The lowest BCUT2D eigenvalue weighted by Gasteiger charge is -2.31. The molecule has 0 saturated heterocycles. The van der Waals surface area contributed by atoms with Gasteiger partial charge in [-0.3, -0.25) is 9.59 Å². The first-order chi connectivity index (χ1) is 14.8. The van der Waals surface area contributed by atoms with Gasteiger partial charge in [-0.25, -0.2) is 0 Å². The Morgan fingerprint density at radius 2 is 1.77 bits per heavy atom. The van der Waals surface area contributed by atoms with Crippen LogP contribution in [-0.4, -0.2) is 35.4 Å². The van der Waals surface area contributed by atoms with Gasteiger partial charge in [-0.05, 0) is 68.5 Å². The topological polar surface area (TPSA) is 58.6 Å². The van der Waals surface area contributed by atoms with E-state index < -0.39 is 6.04 Å². The van der Waals surface area contributed by atoms with Gasteiger partial charge in [-0.15, -0.1) is 0 Å². The summed E-state index contributed by atoms with van der Waals surface area (Å²) in [5.41, 5.74) is 3.04. The van der Waals surface area contributed by atoms with Gasteiger partial charge in [0.1, 0.15) is 11.8 Å². The summed E-state index contributed by atoms with van der Waals surface area (Å²) in [6, 6.07) is 12.5. The number of benzene rings is 2. The molecule has 0 heterocycles. The fraction of sp³-hybridized carbons (Fsp3) is 0.440. The molecule has 0 aliphatic heterocycles. The molecule has 2 atom stereocenters. The van der Waals surface area contributed by atoms with E-state index in [2.05, 4.69) is 5.32 Å². The quantitative estimate of drug-likeness (QED) is 0.557. The van der Waals surface area contributed by atoms with Gasteiger partial charge in [0.2, 0.25) is 5.91 Å². The molecule has 0 bridgehead atoms. The molecule has 0 spiro atoms. The van der Waals surface area contributed by atoms with E-state index in [4.69, 9.17) is 16.3 Å². The maximum absolute atomic E-state index is 13.2. The summed E-state index contributed by atoms with van der Waals surface area (Å²) in [6.07, 6.45) is 1.30. The molecule has 0 aliphatic rings. The highest BCUT2D eigenvalue weighted by Crippen LogP contribution is 2.21. The second kappa shape index (κ2) is 11.8. The fourth-order valence-corrected chi connectivity index (χ4v) is 3.40. The highest BCUT2D eigenvalue weighted by Gasteiger charge is 2.30. The number of hydrogen-bond donors (Lipinski definition) is 1. The van der Waals surface area contributed by atoms with Crippen LogP contribution in [0.1, 0.15) is 50.3 Å². The zero-order valence-corrected chi connectivity index (χ0v) is 19.8. The monoisotopic (exact) mass is 444 g/mol. The zero-order valence-electron chi connectivity index (χ0n) is 19.1. The Kier molecular flexibility index (Phi) is 9.38. The van der Waals surface area contributed by atoms with Gasteiger partial charge in [-0.1, -0.05) is 49.7 Å². The molecule has 31 heavy (non-hydrogen) atoms. The third-order valence-corrected chi connectivity index (χ3v) is 5.89. The minimum absolute atomic E-state index is 0.0330. The van der Waals surface area contributed by atoms with Gasteiger partial charge in [0.25, 0.3) is 5.91 Å². The van der Waals surface area contributed by atoms with Crippen LogP contribution in [0.4, 0.5) is 0 Å². The Bertz CT molecular complexity index is 900. The highest BCUT2D eigenvalue weighted by atomic mass is 35.5. The number of nitrogens with one attached hydrogen (secondary N) is 1. The molecule has 2 aromatic carbocycles. The van der Waals surface area contributed by atoms with Crippen LogP contribution >= 0.6 is 11.6 Å². The molecule has 2 amide bonds. The van der Waals surface area contributed by atoms with Gasteiger partial charge in [0.05, 0.1) is 0 Å². The zero-order chi connectivity index (χ0) is 23.0. The molecule has 0 aliphatic carbocycles. The summed E-state index contributed by atoms with van der Waals surface area (Å²) < 4.78 is 5.77. The van der Waals surface area contributed by atoms with Gasteiger partial charge in [-0.2, -0.15) is 0 Å². The number of ether oxygens (including phenoxy) is 1. The van der Waals surface area contributed by atoms with Gasteiger partial charge >= 0.3 is 0 Å². The summed E-state index contributed by atoms with van der Waals surface area (Å²) in [5, 5.41) is 3.56. The number of aryl methyl sites for hydroxylation is 2. The number of carbonyl (C=O) groups is 2. The Hall–Kier alpha value is -2.53. The predicted octanol–water partition coefficient (Wildman–Crippen LogP) is 5.06. The van der Waals surface area contributed by atoms with Crippen molar-refractivity contribution >= 4 is 23.4 Å². The summed E-state index contributed by atoms with van der Waals surface area (Å²) >= 11 is 6.34. The lowest BCUT2D eigenvalue weighted by atomic mass is 10.1. The lowest BCUT2D eigenvalue weighted by molar-refractivity contribution is -0.143. The number of nitrogens with zero attached hydrogens (tertiary/aromatic N) is 1. The molecule has 6 heteroatoms. The van der Waals surface area contributed by atoms with Gasteiger partial charge < -0.3 is 15.0 Å². The van der Waals surface area contributed by atoms with E-state index in [1.54, 1.807) is 11.0 Å². The third kappa shape index (κ3) is 7.00. The number of rotatable bonds is 10. The first kappa shape index (κ1) is 24.7. The summed E-state index contributed by atoms with van der Waals surface area (Å²) in [6.45, 7) is 9.97. The van der Waals surface area contributed by atoms with Crippen molar-refractivity contribution < 1.29 is 14.3 Å². The minimum atomic E-state index is -0.610. The number of carbonyl (C=O) groups excluding carboxylic acids is 2. The summed E-state index contributed by atoms with van der Waals surface area (Å²) in [7, 11) is 0. The van der Waals surface area contributed by atoms with E-state index >= 15 is 0 Å². The van der Waals surface area contributed by atoms with E-state index in [0.717, 1.165) is 23.1 Å². The smallest absolute Gasteiger partial charge is 0.261 e. The highest BCUT2D eigenvalue weighted by molar-refractivity contribution is 6.31. The van der Waals surface area contributed by atoms with Crippen molar-refractivity contribution in [1.29, 1.82) is 0 Å². The number of halogens is 1. The first-order valence-electron chi connectivity index (χ1n) is 10.8. The van der Waals surface area contributed by atoms with E-state index in [1.165, 1.54) is 0 Å². The molecule has 0 radical (unpaired) electrons. The molecule has 0 unspecified atom stereocenters. The van der Waals surface area contributed by atoms with Crippen molar-refractivity contribution in [3.05, 3.63) is 64.2 Å². The lowest BCUT2D eigenvalue weighted by Crippen LogP contribution is -2.51. The summed E-state index contributed by atoms with van der Waals surface area (Å²) in [4.78, 5) is 27.7. The standard InChI is InChI=1S/C25H33ClN2O3/c1-6-19(5)27-25(30)23(7-2)28(15-20-10-8-9-11-22(20)26)24(29)16-31-21-13-12-17(3)18(4)14-21/h8-14,19,23H,6-7,15-16H2,1-5H3,(H,27,30)/t19-,23-/m1/s1. The van der Waals surface area contributed by atoms with E-state index in [1.807, 2.05) is 71.0 Å². The minimum Gasteiger partial charge on any atom is -0.484 e. The van der Waals surface area contributed by atoms with Gasteiger partial charge in [0, 0.05) is 17.6 Å². The molecule has 5 nitrogen and oxygen atoms in total. The third-order valence-electron chi connectivity index (χ3n) is 5.53. The Labute approximate surface area is 190 Å². The second-order valence-electron chi connectivity index (χ2n) is 7.89. The van der Waals surface area contributed by atoms with Gasteiger partial charge in [0.15, 0.2) is 6.61 Å². The summed E-state index contributed by atoms with van der Waals surface area (Å²) in [5.74, 6) is 0.207. The Balaban J connectivity index is 2.24. The molecule has 0 aromatic heterocycles. The van der Waals surface area contributed by atoms with Crippen molar-refractivity contribution in [3.8, 4) is 5.75 Å². The van der Waals surface area contributed by atoms with Crippen LogP contribution in [0.15, 0.2) is 42.5 Å². The van der Waals surface area contributed by atoms with Crippen LogP contribution < -0.4 is 10.1 Å². The number of hydrogen-bond acceptors (Lipinski definition) is 3. The Morgan fingerprint density at radius 3 is 2.39 bits per heavy atom. The molecular formula is C25H33ClN2O3. The van der Waals surface area contributed by atoms with Crippen molar-refractivity contribution in [2.45, 2.75) is 66.1 Å². The van der Waals surface area contributed by atoms with Crippen LogP contribution in [0.3, 0.4) is 0 Å². The van der Waals surface area contributed by atoms with Crippen LogP contribution in [0.2, 0.25) is 5.02 Å². The molecule has 2 aromatic rings. The molecule has 1 N–H and O–H groups in total. The van der Waals surface area contributed by atoms with E-state index in [9.17, 15) is 9.59 Å². The maximum Gasteiger partial charge on any atom is 0.261 e. The fourth-order valence-electron chi connectivity index (χ4n) is 3.20. The van der Waals surface area contributed by atoms with E-state index in [0.29, 0.717) is 17.2 Å². The molecular weight excluding hydrogens is 412 g/mol. The van der Waals surface area contributed by atoms with Crippen molar-refractivity contribution in [1.82, 2.24) is 10.2 Å². The molecule has 0 saturated carbocycles. The maximum atomic E-state index is 13.2. The normalized spacial score (nSPS) is 12.7. The van der Waals surface area contributed by atoms with E-state index in [-0.39, 0.29) is 31.0 Å². The largest absolute Gasteiger partial charge is 0.484 e. The molecule has 168 valence electrons. The second-order valence-corrected chi connectivity index (χ2v) is 8.30. The molecule has 0 fully saturated rings. The van der Waals surface area contributed by atoms with Crippen LogP contribution in [0.5, 0.6) is 5.75 Å². The van der Waals surface area contributed by atoms with Crippen molar-refractivity contribution in [2.75, 3.05) is 6.61 Å². The van der Waals surface area contributed by atoms with Crippen molar-refractivity contribution in [3.63, 3.8) is 0 Å².